The summed E-state index contributed by atoms with van der Waals surface area (Å²) in [6.45, 7) is 9.51. The molecule has 6 heteroatoms. The zero-order valence-electron chi connectivity index (χ0n) is 14.5. The van der Waals surface area contributed by atoms with Crippen molar-refractivity contribution in [3.05, 3.63) is 0 Å². The van der Waals surface area contributed by atoms with E-state index in [1.165, 1.54) is 0 Å². The Bertz CT molecular complexity index is 477. The van der Waals surface area contributed by atoms with Crippen LogP contribution in [-0.4, -0.2) is 71.3 Å². The molecule has 2 rings (SSSR count). The number of likely N-dealkylation sites (tertiary alicyclic amines) is 1. The molecule has 2 unspecified atom stereocenters. The molecule has 0 aliphatic carbocycles. The van der Waals surface area contributed by atoms with Crippen molar-refractivity contribution in [2.75, 3.05) is 32.7 Å². The number of carbonyl (C=O) groups excluding carboxylic acids is 2. The Kier molecular flexibility index (Phi) is 6.00. The van der Waals surface area contributed by atoms with Gasteiger partial charge in [0.25, 0.3) is 0 Å². The zero-order valence-corrected chi connectivity index (χ0v) is 14.5. The molecule has 6 nitrogen and oxygen atoms in total. The molecular formula is C17H28N4O2. The number of amides is 2. The van der Waals surface area contributed by atoms with Crippen LogP contribution in [0.15, 0.2) is 0 Å². The molecule has 0 spiro atoms. The molecule has 2 saturated heterocycles. The van der Waals surface area contributed by atoms with E-state index in [2.05, 4.69) is 24.8 Å². The maximum atomic E-state index is 12.8. The van der Waals surface area contributed by atoms with Crippen molar-refractivity contribution in [1.82, 2.24) is 14.7 Å². The highest BCUT2D eigenvalue weighted by Crippen LogP contribution is 2.19. The number of hydrogen-bond donors (Lipinski definition) is 0. The van der Waals surface area contributed by atoms with E-state index in [0.717, 1.165) is 19.5 Å². The predicted molar refractivity (Wildman–Crippen MR) is 87.4 cm³/mol. The van der Waals surface area contributed by atoms with Gasteiger partial charge in [0.15, 0.2) is 0 Å². The molecule has 23 heavy (non-hydrogen) atoms. The van der Waals surface area contributed by atoms with E-state index in [0.29, 0.717) is 32.5 Å². The zero-order chi connectivity index (χ0) is 17.0. The van der Waals surface area contributed by atoms with E-state index in [1.807, 2.05) is 11.8 Å². The topological polar surface area (TPSA) is 67.7 Å². The Hall–Kier alpha value is -1.61. The minimum absolute atomic E-state index is 0.0699. The Morgan fingerprint density at radius 2 is 1.87 bits per heavy atom. The molecule has 0 N–H and O–H groups in total. The first kappa shape index (κ1) is 17.7. The van der Waals surface area contributed by atoms with Crippen LogP contribution < -0.4 is 0 Å². The summed E-state index contributed by atoms with van der Waals surface area (Å²) >= 11 is 0. The maximum absolute atomic E-state index is 12.8. The van der Waals surface area contributed by atoms with E-state index in [9.17, 15) is 14.9 Å². The van der Waals surface area contributed by atoms with Gasteiger partial charge in [-0.1, -0.05) is 20.8 Å². The number of hydrogen-bond acceptors (Lipinski definition) is 4. The van der Waals surface area contributed by atoms with Gasteiger partial charge in [0.1, 0.15) is 12.1 Å². The molecule has 2 heterocycles. The average molecular weight is 320 g/mol. The van der Waals surface area contributed by atoms with Crippen LogP contribution in [0.25, 0.3) is 0 Å². The minimum Gasteiger partial charge on any atom is -0.338 e. The summed E-state index contributed by atoms with van der Waals surface area (Å²) in [5.74, 6) is 0.460. The van der Waals surface area contributed by atoms with Crippen LogP contribution in [0.2, 0.25) is 0 Å². The van der Waals surface area contributed by atoms with Crippen molar-refractivity contribution in [3.63, 3.8) is 0 Å². The third-order valence-corrected chi connectivity index (χ3v) is 4.94. The van der Waals surface area contributed by atoms with Crippen LogP contribution in [0.5, 0.6) is 0 Å². The fraction of sp³-hybridized carbons (Fsp3) is 0.824. The van der Waals surface area contributed by atoms with Crippen molar-refractivity contribution in [3.8, 4) is 6.07 Å². The normalized spacial score (nSPS) is 22.3. The van der Waals surface area contributed by atoms with Gasteiger partial charge in [-0.05, 0) is 18.8 Å². The molecule has 0 aromatic carbocycles. The predicted octanol–water partition coefficient (Wildman–Crippen LogP) is 1.08. The van der Waals surface area contributed by atoms with Crippen molar-refractivity contribution >= 4 is 11.8 Å². The van der Waals surface area contributed by atoms with Gasteiger partial charge in [0.2, 0.25) is 11.8 Å². The highest BCUT2D eigenvalue weighted by Gasteiger charge is 2.36. The first-order valence-electron chi connectivity index (χ1n) is 8.71. The first-order chi connectivity index (χ1) is 11.0. The number of nitrogens with zero attached hydrogens (tertiary/aromatic N) is 4. The SMILES string of the molecule is CCC(C(=O)N1CCN(C(C#N)C(C)C)CC1)N1CCCC1=O. The Balaban J connectivity index is 1.95. The van der Waals surface area contributed by atoms with Gasteiger partial charge in [-0.25, -0.2) is 0 Å². The van der Waals surface area contributed by atoms with E-state index >= 15 is 0 Å². The summed E-state index contributed by atoms with van der Waals surface area (Å²) in [5, 5.41) is 9.31. The van der Waals surface area contributed by atoms with Gasteiger partial charge in [-0.15, -0.1) is 0 Å². The molecule has 0 bridgehead atoms. The lowest BCUT2D eigenvalue weighted by Gasteiger charge is -2.40. The van der Waals surface area contributed by atoms with Gasteiger partial charge in [0.05, 0.1) is 6.07 Å². The lowest BCUT2D eigenvalue weighted by Crippen LogP contribution is -2.57. The van der Waals surface area contributed by atoms with Gasteiger partial charge in [0, 0.05) is 39.1 Å². The Morgan fingerprint density at radius 1 is 1.22 bits per heavy atom. The lowest BCUT2D eigenvalue weighted by molar-refractivity contribution is -0.145. The van der Waals surface area contributed by atoms with E-state index in [4.69, 9.17) is 0 Å². The first-order valence-corrected chi connectivity index (χ1v) is 8.71. The number of rotatable bonds is 5. The molecule has 0 aromatic heterocycles. The fourth-order valence-corrected chi connectivity index (χ4v) is 3.61. The van der Waals surface area contributed by atoms with Crippen LogP contribution in [-0.2, 0) is 9.59 Å². The summed E-state index contributed by atoms with van der Waals surface area (Å²) < 4.78 is 0. The van der Waals surface area contributed by atoms with Crippen molar-refractivity contribution in [1.29, 1.82) is 5.26 Å². The van der Waals surface area contributed by atoms with Gasteiger partial charge in [-0.2, -0.15) is 5.26 Å². The van der Waals surface area contributed by atoms with Gasteiger partial charge >= 0.3 is 0 Å². The second-order valence-electron chi connectivity index (χ2n) is 6.79. The van der Waals surface area contributed by atoms with E-state index in [1.54, 1.807) is 4.90 Å². The maximum Gasteiger partial charge on any atom is 0.245 e. The Morgan fingerprint density at radius 3 is 2.30 bits per heavy atom. The Labute approximate surface area is 139 Å². The largest absolute Gasteiger partial charge is 0.338 e. The second-order valence-corrected chi connectivity index (χ2v) is 6.79. The lowest BCUT2D eigenvalue weighted by atomic mass is 10.0. The standard InChI is InChI=1S/C17H28N4O2/c1-4-14(21-7-5-6-16(21)22)17(23)20-10-8-19(9-11-20)15(12-18)13(2)3/h13-15H,4-11H2,1-3H3. The van der Waals surface area contributed by atoms with Crippen LogP contribution in [0.1, 0.15) is 40.0 Å². The van der Waals surface area contributed by atoms with Gasteiger partial charge < -0.3 is 9.80 Å². The van der Waals surface area contributed by atoms with E-state index in [-0.39, 0.29) is 29.8 Å². The summed E-state index contributed by atoms with van der Waals surface area (Å²) in [4.78, 5) is 30.5. The molecule has 128 valence electrons. The van der Waals surface area contributed by atoms with E-state index < -0.39 is 0 Å². The van der Waals surface area contributed by atoms with Crippen LogP contribution in [0, 0.1) is 17.2 Å². The molecule has 2 fully saturated rings. The fourth-order valence-electron chi connectivity index (χ4n) is 3.61. The van der Waals surface area contributed by atoms with Crippen molar-refractivity contribution in [2.24, 2.45) is 5.92 Å². The third kappa shape index (κ3) is 3.84. The highest BCUT2D eigenvalue weighted by molar-refractivity contribution is 5.88. The number of carbonyl (C=O) groups is 2. The van der Waals surface area contributed by atoms with Crippen LogP contribution >= 0.6 is 0 Å². The number of nitriles is 1. The van der Waals surface area contributed by atoms with Crippen LogP contribution in [0.3, 0.4) is 0 Å². The summed E-state index contributed by atoms with van der Waals surface area (Å²) in [6, 6.07) is 1.97. The monoisotopic (exact) mass is 320 g/mol. The van der Waals surface area contributed by atoms with Crippen molar-refractivity contribution in [2.45, 2.75) is 52.1 Å². The molecule has 2 aliphatic rings. The van der Waals surface area contributed by atoms with Crippen molar-refractivity contribution < 1.29 is 9.59 Å². The quantitative estimate of drug-likeness (QED) is 0.760. The summed E-state index contributed by atoms with van der Waals surface area (Å²) in [7, 11) is 0. The highest BCUT2D eigenvalue weighted by atomic mass is 16.2. The molecule has 0 aromatic rings. The average Bonchev–Trinajstić information content (AvgIpc) is 2.95. The molecular weight excluding hydrogens is 292 g/mol. The summed E-state index contributed by atoms with van der Waals surface area (Å²) in [6.07, 6.45) is 2.09. The summed E-state index contributed by atoms with van der Waals surface area (Å²) in [5.41, 5.74) is 0. The molecule has 0 saturated carbocycles. The third-order valence-electron chi connectivity index (χ3n) is 4.94. The van der Waals surface area contributed by atoms with Crippen LogP contribution in [0.4, 0.5) is 0 Å². The molecule has 0 radical (unpaired) electrons. The minimum atomic E-state index is -0.312. The number of piperazine rings is 1. The second kappa shape index (κ2) is 7.78. The smallest absolute Gasteiger partial charge is 0.245 e. The molecule has 2 aliphatic heterocycles. The molecule has 2 amide bonds. The van der Waals surface area contributed by atoms with Gasteiger partial charge in [-0.3, -0.25) is 14.5 Å². The molecule has 2 atom stereocenters.